The zero-order valence-corrected chi connectivity index (χ0v) is 12.9. The summed E-state index contributed by atoms with van der Waals surface area (Å²) in [7, 11) is 0. The van der Waals surface area contributed by atoms with Gasteiger partial charge in [0.1, 0.15) is 0 Å². The summed E-state index contributed by atoms with van der Waals surface area (Å²) in [6.07, 6.45) is 14.8. The van der Waals surface area contributed by atoms with Crippen molar-refractivity contribution in [2.75, 3.05) is 5.75 Å². The van der Waals surface area contributed by atoms with Crippen LogP contribution in [0, 0.1) is 0 Å². The van der Waals surface area contributed by atoms with Gasteiger partial charge < -0.3 is 5.73 Å². The number of carbonyl (C=O) groups excluding carboxylic acids is 2. The lowest BCUT2D eigenvalue weighted by Gasteiger charge is -2.06. The Morgan fingerprint density at radius 3 is 2.65 bits per heavy atom. The summed E-state index contributed by atoms with van der Waals surface area (Å²) in [5.74, 6) is 0.671. The minimum absolute atomic E-state index is 0. The van der Waals surface area contributed by atoms with E-state index in [9.17, 15) is 9.59 Å². The monoisotopic (exact) mass is 297 g/mol. The van der Waals surface area contributed by atoms with Crippen molar-refractivity contribution in [3.63, 3.8) is 0 Å². The zero-order chi connectivity index (χ0) is 14.6. The summed E-state index contributed by atoms with van der Waals surface area (Å²) >= 11 is 1.45. The number of carbonyl (C=O) groups is 2. The smallest absolute Gasteiger partial charge is 0.217 e. The molecule has 0 fully saturated rings. The summed E-state index contributed by atoms with van der Waals surface area (Å²) in [6, 6.07) is 0. The number of primary amides is 1. The Labute approximate surface area is 127 Å². The molecule has 0 aromatic heterocycles. The van der Waals surface area contributed by atoms with Crippen LogP contribution < -0.4 is 5.73 Å². The predicted octanol–water partition coefficient (Wildman–Crippen LogP) is 3.98. The van der Waals surface area contributed by atoms with Gasteiger partial charge in [0, 0.05) is 20.0 Å². The standard InChI is InChI=1S/C16H25NO2S.H2/c17-15(18)10-6-1-2-7-13-20-16(19)12-11-14-8-4-3-5-9-14;/h4,8-9H,1-3,5-7,10-13H2,(H2,17,18);1H. The quantitative estimate of drug-likeness (QED) is 0.620. The molecule has 0 aromatic carbocycles. The molecule has 1 aliphatic rings. The highest BCUT2D eigenvalue weighted by Crippen LogP contribution is 2.18. The van der Waals surface area contributed by atoms with Gasteiger partial charge in [-0.2, -0.15) is 0 Å². The Balaban J connectivity index is 0.00000400. The van der Waals surface area contributed by atoms with E-state index in [1.807, 2.05) is 0 Å². The Morgan fingerprint density at radius 1 is 1.15 bits per heavy atom. The summed E-state index contributed by atoms with van der Waals surface area (Å²) in [6.45, 7) is 0. The van der Waals surface area contributed by atoms with Crippen LogP contribution in [0.15, 0.2) is 23.8 Å². The van der Waals surface area contributed by atoms with E-state index >= 15 is 0 Å². The molecule has 0 saturated heterocycles. The van der Waals surface area contributed by atoms with Crippen molar-refractivity contribution in [1.29, 1.82) is 0 Å². The number of thioether (sulfide) groups is 1. The molecule has 0 radical (unpaired) electrons. The van der Waals surface area contributed by atoms with Crippen LogP contribution in [0.4, 0.5) is 0 Å². The molecule has 0 bridgehead atoms. The van der Waals surface area contributed by atoms with Crippen molar-refractivity contribution in [3.05, 3.63) is 23.8 Å². The normalized spacial score (nSPS) is 14.1. The first-order chi connectivity index (χ1) is 9.68. The highest BCUT2D eigenvalue weighted by Gasteiger charge is 2.05. The number of unbranched alkanes of at least 4 members (excludes halogenated alkanes) is 3. The minimum Gasteiger partial charge on any atom is -0.370 e. The van der Waals surface area contributed by atoms with E-state index in [-0.39, 0.29) is 7.33 Å². The molecule has 3 nitrogen and oxygen atoms in total. The Morgan fingerprint density at radius 2 is 1.95 bits per heavy atom. The lowest BCUT2D eigenvalue weighted by Crippen LogP contribution is -2.09. The van der Waals surface area contributed by atoms with Crippen LogP contribution >= 0.6 is 11.8 Å². The van der Waals surface area contributed by atoms with Crippen molar-refractivity contribution in [2.24, 2.45) is 5.73 Å². The second kappa shape index (κ2) is 10.7. The molecule has 0 aliphatic heterocycles. The molecule has 0 saturated carbocycles. The highest BCUT2D eigenvalue weighted by molar-refractivity contribution is 8.13. The molecule has 114 valence electrons. The van der Waals surface area contributed by atoms with Gasteiger partial charge in [0.05, 0.1) is 0 Å². The third kappa shape index (κ3) is 8.97. The molecule has 4 heteroatoms. The van der Waals surface area contributed by atoms with Crippen molar-refractivity contribution in [1.82, 2.24) is 0 Å². The number of hydrogen-bond donors (Lipinski definition) is 1. The van der Waals surface area contributed by atoms with Gasteiger partial charge in [-0.25, -0.2) is 0 Å². The first kappa shape index (κ1) is 17.0. The van der Waals surface area contributed by atoms with Gasteiger partial charge in [0.25, 0.3) is 0 Å². The van der Waals surface area contributed by atoms with E-state index in [2.05, 4.69) is 18.2 Å². The molecule has 0 heterocycles. The fourth-order valence-electron chi connectivity index (χ4n) is 2.11. The summed E-state index contributed by atoms with van der Waals surface area (Å²) < 4.78 is 0. The molecule has 1 amide bonds. The van der Waals surface area contributed by atoms with E-state index in [1.165, 1.54) is 17.3 Å². The number of hydrogen-bond acceptors (Lipinski definition) is 3. The van der Waals surface area contributed by atoms with Crippen LogP contribution in [-0.2, 0) is 9.59 Å². The lowest BCUT2D eigenvalue weighted by molar-refractivity contribution is -0.118. The van der Waals surface area contributed by atoms with E-state index in [0.29, 0.717) is 18.0 Å². The van der Waals surface area contributed by atoms with Gasteiger partial charge in [-0.1, -0.05) is 48.4 Å². The molecule has 1 aliphatic carbocycles. The van der Waals surface area contributed by atoms with Gasteiger partial charge in [-0.3, -0.25) is 9.59 Å². The van der Waals surface area contributed by atoms with Crippen LogP contribution in [0.3, 0.4) is 0 Å². The maximum Gasteiger partial charge on any atom is 0.217 e. The summed E-state index contributed by atoms with van der Waals surface area (Å²) in [5, 5.41) is 0.294. The van der Waals surface area contributed by atoms with Crippen LogP contribution in [-0.4, -0.2) is 16.8 Å². The maximum absolute atomic E-state index is 11.7. The molecular weight excluding hydrogens is 270 g/mol. The van der Waals surface area contributed by atoms with Crippen molar-refractivity contribution in [3.8, 4) is 0 Å². The van der Waals surface area contributed by atoms with Crippen LogP contribution in [0.1, 0.15) is 59.2 Å². The van der Waals surface area contributed by atoms with E-state index in [0.717, 1.165) is 50.7 Å². The van der Waals surface area contributed by atoms with E-state index in [1.54, 1.807) is 0 Å². The topological polar surface area (TPSA) is 60.2 Å². The van der Waals surface area contributed by atoms with Gasteiger partial charge >= 0.3 is 0 Å². The first-order valence-electron chi connectivity index (χ1n) is 7.48. The largest absolute Gasteiger partial charge is 0.370 e. The Kier molecular flexibility index (Phi) is 9.13. The maximum atomic E-state index is 11.7. The van der Waals surface area contributed by atoms with E-state index < -0.39 is 0 Å². The van der Waals surface area contributed by atoms with Crippen molar-refractivity contribution in [2.45, 2.75) is 57.8 Å². The van der Waals surface area contributed by atoms with Gasteiger partial charge in [-0.05, 0) is 32.1 Å². The molecule has 0 atom stereocenters. The van der Waals surface area contributed by atoms with Gasteiger partial charge in [-0.15, -0.1) is 0 Å². The van der Waals surface area contributed by atoms with Crippen LogP contribution in [0.2, 0.25) is 0 Å². The first-order valence-corrected chi connectivity index (χ1v) is 8.46. The van der Waals surface area contributed by atoms with Crippen molar-refractivity contribution < 1.29 is 11.0 Å². The van der Waals surface area contributed by atoms with Gasteiger partial charge in [0.2, 0.25) is 5.91 Å². The average Bonchev–Trinajstić information content (AvgIpc) is 2.45. The summed E-state index contributed by atoms with van der Waals surface area (Å²) in [4.78, 5) is 22.3. The Bertz CT molecular complexity index is 380. The van der Waals surface area contributed by atoms with E-state index in [4.69, 9.17) is 5.73 Å². The number of nitrogens with two attached hydrogens (primary N) is 1. The van der Waals surface area contributed by atoms with Crippen molar-refractivity contribution >= 4 is 22.8 Å². The Hall–Kier alpha value is -1.03. The highest BCUT2D eigenvalue weighted by atomic mass is 32.2. The number of amides is 1. The third-order valence-corrected chi connectivity index (χ3v) is 4.29. The molecule has 1 rings (SSSR count). The van der Waals surface area contributed by atoms with Gasteiger partial charge in [0.15, 0.2) is 5.12 Å². The molecule has 0 aromatic rings. The fraction of sp³-hybridized carbons (Fsp3) is 0.625. The molecule has 0 spiro atoms. The SMILES string of the molecule is NC(=O)CCCCCCSC(=O)CCC1=CCCC=C1.[HH]. The summed E-state index contributed by atoms with van der Waals surface area (Å²) in [5.41, 5.74) is 6.37. The number of allylic oxidation sites excluding steroid dienone is 4. The second-order valence-corrected chi connectivity index (χ2v) is 6.26. The molecule has 0 unspecified atom stereocenters. The number of rotatable bonds is 10. The molecule has 2 N–H and O–H groups in total. The van der Waals surface area contributed by atoms with Crippen LogP contribution in [0.25, 0.3) is 0 Å². The second-order valence-electron chi connectivity index (χ2n) is 5.11. The molecule has 20 heavy (non-hydrogen) atoms. The predicted molar refractivity (Wildman–Crippen MR) is 87.5 cm³/mol. The minimum atomic E-state index is -0.222. The lowest BCUT2D eigenvalue weighted by atomic mass is 10.0. The molecular formula is C16H27NO2S. The fourth-order valence-corrected chi connectivity index (χ4v) is 2.94. The average molecular weight is 297 g/mol. The van der Waals surface area contributed by atoms with Crippen LogP contribution in [0.5, 0.6) is 0 Å². The third-order valence-electron chi connectivity index (χ3n) is 3.27. The zero-order valence-electron chi connectivity index (χ0n) is 12.1.